The number of sulfone groups is 1. The number of benzene rings is 1. The highest BCUT2D eigenvalue weighted by molar-refractivity contribution is 7.90. The van der Waals surface area contributed by atoms with Crippen LogP contribution in [0.25, 0.3) is 10.4 Å². The lowest BCUT2D eigenvalue weighted by Crippen LogP contribution is -2.32. The molecule has 6 nitrogen and oxygen atoms in total. The lowest BCUT2D eigenvalue weighted by molar-refractivity contribution is 0.175. The molecule has 0 radical (unpaired) electrons. The van der Waals surface area contributed by atoms with E-state index in [0.29, 0.717) is 22.6 Å². The summed E-state index contributed by atoms with van der Waals surface area (Å²) in [5.74, 6) is 0.450. The van der Waals surface area contributed by atoms with Crippen LogP contribution in [-0.2, 0) is 9.84 Å². The van der Waals surface area contributed by atoms with E-state index < -0.39 is 9.84 Å². The van der Waals surface area contributed by atoms with Gasteiger partial charge in [-0.15, -0.1) is 0 Å². The van der Waals surface area contributed by atoms with E-state index >= 15 is 0 Å². The predicted octanol–water partition coefficient (Wildman–Crippen LogP) is 2.79. The van der Waals surface area contributed by atoms with E-state index in [-0.39, 0.29) is 0 Å². The number of nitriles is 1. The maximum absolute atomic E-state index is 11.5. The summed E-state index contributed by atoms with van der Waals surface area (Å²) in [6.45, 7) is 2.19. The smallest absolute Gasteiger partial charge is 0.273 e. The monoisotopic (exact) mass is 377 g/mol. The molecule has 3 rings (SSSR count). The minimum atomic E-state index is -3.18. The van der Waals surface area contributed by atoms with Crippen molar-refractivity contribution in [3.05, 3.63) is 30.5 Å². The van der Waals surface area contributed by atoms with E-state index in [1.807, 2.05) is 0 Å². The lowest BCUT2D eigenvalue weighted by Gasteiger charge is -2.27. The van der Waals surface area contributed by atoms with Crippen molar-refractivity contribution in [2.75, 3.05) is 26.0 Å². The van der Waals surface area contributed by atoms with Crippen molar-refractivity contribution in [2.45, 2.75) is 17.7 Å². The van der Waals surface area contributed by atoms with Crippen LogP contribution < -0.4 is 4.74 Å². The topological polar surface area (TPSA) is 83.3 Å². The van der Waals surface area contributed by atoms with Crippen LogP contribution in [0.2, 0.25) is 0 Å². The number of thiazole rings is 1. The summed E-state index contributed by atoms with van der Waals surface area (Å²) in [5, 5.41) is 9.48. The first-order chi connectivity index (χ1) is 12.0. The number of rotatable bonds is 5. The zero-order valence-corrected chi connectivity index (χ0v) is 15.5. The second-order valence-electron chi connectivity index (χ2n) is 6.13. The lowest BCUT2D eigenvalue weighted by atomic mass is 9.98. The average Bonchev–Trinajstić information content (AvgIpc) is 3.09. The van der Waals surface area contributed by atoms with Crippen LogP contribution in [0.5, 0.6) is 5.19 Å². The second kappa shape index (κ2) is 7.42. The second-order valence-corrected chi connectivity index (χ2v) is 9.14. The van der Waals surface area contributed by atoms with Gasteiger partial charge in [0.15, 0.2) is 16.0 Å². The van der Waals surface area contributed by atoms with E-state index in [1.165, 1.54) is 17.6 Å². The summed E-state index contributed by atoms with van der Waals surface area (Å²) in [4.78, 5) is 7.32. The average molecular weight is 377 g/mol. The molecule has 1 aliphatic rings. The molecule has 1 aliphatic heterocycles. The molecule has 2 aromatic rings. The molecule has 1 aromatic carbocycles. The fourth-order valence-electron chi connectivity index (χ4n) is 2.71. The van der Waals surface area contributed by atoms with Crippen LogP contribution in [0.15, 0.2) is 35.4 Å². The summed E-state index contributed by atoms with van der Waals surface area (Å²) in [5.41, 5.74) is 0.919. The zero-order chi connectivity index (χ0) is 17.9. The number of nitrogens with zero attached hydrogens (tertiary/aromatic N) is 3. The molecule has 132 valence electrons. The van der Waals surface area contributed by atoms with Crippen LogP contribution in [0.3, 0.4) is 0 Å². The van der Waals surface area contributed by atoms with Crippen LogP contribution in [0, 0.1) is 17.4 Å². The maximum atomic E-state index is 11.5. The standard InChI is InChI=1S/C17H19N3O3S2/c1-25(21,22)15-4-2-14(3-5-15)16-10-19-17(24-16)23-11-13-6-8-20(12-18)9-7-13/h2-5,10,13H,6-9,11H2,1H3. The van der Waals surface area contributed by atoms with Gasteiger partial charge in [0.05, 0.1) is 16.4 Å². The minimum Gasteiger partial charge on any atom is -0.470 e. The molecule has 0 unspecified atom stereocenters. The van der Waals surface area contributed by atoms with E-state index in [2.05, 4.69) is 11.2 Å². The number of aromatic nitrogens is 1. The van der Waals surface area contributed by atoms with Gasteiger partial charge in [-0.05, 0) is 36.5 Å². The third kappa shape index (κ3) is 4.50. The Morgan fingerprint density at radius 1 is 1.32 bits per heavy atom. The van der Waals surface area contributed by atoms with Crippen LogP contribution in [-0.4, -0.2) is 44.3 Å². The van der Waals surface area contributed by atoms with Gasteiger partial charge in [0.2, 0.25) is 0 Å². The first-order valence-electron chi connectivity index (χ1n) is 7.99. The molecule has 1 saturated heterocycles. The highest BCUT2D eigenvalue weighted by Crippen LogP contribution is 2.31. The number of piperidine rings is 1. The van der Waals surface area contributed by atoms with Gasteiger partial charge in [0.25, 0.3) is 5.19 Å². The van der Waals surface area contributed by atoms with Crippen LogP contribution in [0.4, 0.5) is 0 Å². The van der Waals surface area contributed by atoms with Gasteiger partial charge in [-0.25, -0.2) is 13.4 Å². The molecule has 2 heterocycles. The van der Waals surface area contributed by atoms with Gasteiger partial charge in [0.1, 0.15) is 0 Å². The Balaban J connectivity index is 1.58. The highest BCUT2D eigenvalue weighted by Gasteiger charge is 2.19. The molecule has 1 aromatic heterocycles. The predicted molar refractivity (Wildman–Crippen MR) is 96.1 cm³/mol. The van der Waals surface area contributed by atoms with Crippen molar-refractivity contribution in [2.24, 2.45) is 5.92 Å². The third-order valence-corrected chi connectivity index (χ3v) is 6.34. The SMILES string of the molecule is CS(=O)(=O)c1ccc(-c2cnc(OCC3CCN(C#N)CC3)s2)cc1. The van der Waals surface area contributed by atoms with Crippen molar-refractivity contribution in [1.82, 2.24) is 9.88 Å². The van der Waals surface area contributed by atoms with Gasteiger partial charge >= 0.3 is 0 Å². The molecule has 0 N–H and O–H groups in total. The van der Waals surface area contributed by atoms with Gasteiger partial charge in [-0.1, -0.05) is 23.5 Å². The highest BCUT2D eigenvalue weighted by atomic mass is 32.2. The summed E-state index contributed by atoms with van der Waals surface area (Å²) in [7, 11) is -3.18. The van der Waals surface area contributed by atoms with E-state index in [1.54, 1.807) is 35.4 Å². The van der Waals surface area contributed by atoms with E-state index in [4.69, 9.17) is 10.00 Å². The zero-order valence-electron chi connectivity index (χ0n) is 13.9. The number of hydrogen-bond acceptors (Lipinski definition) is 7. The fraction of sp³-hybridized carbons (Fsp3) is 0.412. The van der Waals surface area contributed by atoms with Gasteiger partial charge in [0, 0.05) is 25.5 Å². The van der Waals surface area contributed by atoms with Gasteiger partial charge < -0.3 is 9.64 Å². The Hall–Kier alpha value is -2.11. The van der Waals surface area contributed by atoms with Crippen molar-refractivity contribution in [1.29, 1.82) is 5.26 Å². The first-order valence-corrected chi connectivity index (χ1v) is 10.7. The van der Waals surface area contributed by atoms with Crippen molar-refractivity contribution >= 4 is 21.2 Å². The Morgan fingerprint density at radius 2 is 2.00 bits per heavy atom. The summed E-state index contributed by atoms with van der Waals surface area (Å²) in [6.07, 6.45) is 7.03. The molecule has 0 aliphatic carbocycles. The molecule has 0 saturated carbocycles. The summed E-state index contributed by atoms with van der Waals surface area (Å²) < 4.78 is 28.8. The number of hydrogen-bond donors (Lipinski definition) is 0. The summed E-state index contributed by atoms with van der Waals surface area (Å²) >= 11 is 1.45. The quantitative estimate of drug-likeness (QED) is 0.745. The largest absolute Gasteiger partial charge is 0.470 e. The van der Waals surface area contributed by atoms with Crippen LogP contribution in [0.1, 0.15) is 12.8 Å². The molecule has 25 heavy (non-hydrogen) atoms. The summed E-state index contributed by atoms with van der Waals surface area (Å²) in [6, 6.07) is 6.78. The maximum Gasteiger partial charge on any atom is 0.273 e. The molecule has 0 amide bonds. The molecular formula is C17H19N3O3S2. The Labute approximate surface area is 151 Å². The molecule has 0 bridgehead atoms. The Morgan fingerprint density at radius 3 is 2.60 bits per heavy atom. The van der Waals surface area contributed by atoms with Gasteiger partial charge in [-0.3, -0.25) is 0 Å². The first kappa shape index (κ1) is 17.7. The number of ether oxygens (including phenoxy) is 1. The van der Waals surface area contributed by atoms with Crippen LogP contribution >= 0.6 is 11.3 Å². The van der Waals surface area contributed by atoms with Crippen molar-refractivity contribution in [3.8, 4) is 21.8 Å². The Kier molecular flexibility index (Phi) is 5.25. The normalized spacial score (nSPS) is 15.8. The third-order valence-electron chi connectivity index (χ3n) is 4.25. The van der Waals surface area contributed by atoms with Crippen molar-refractivity contribution < 1.29 is 13.2 Å². The Bertz CT molecular complexity index is 861. The van der Waals surface area contributed by atoms with Crippen molar-refractivity contribution in [3.63, 3.8) is 0 Å². The molecule has 1 fully saturated rings. The molecular weight excluding hydrogens is 358 g/mol. The van der Waals surface area contributed by atoms with E-state index in [0.717, 1.165) is 36.4 Å². The number of likely N-dealkylation sites (tertiary alicyclic amines) is 1. The minimum absolute atomic E-state index is 0.306. The molecule has 0 spiro atoms. The van der Waals surface area contributed by atoms with E-state index in [9.17, 15) is 8.42 Å². The fourth-order valence-corrected chi connectivity index (χ4v) is 4.12. The molecule has 8 heteroatoms. The van der Waals surface area contributed by atoms with Gasteiger partial charge in [-0.2, -0.15) is 5.26 Å². The molecule has 0 atom stereocenters.